The van der Waals surface area contributed by atoms with Crippen LogP contribution in [0.3, 0.4) is 0 Å². The van der Waals surface area contributed by atoms with E-state index in [1.807, 2.05) is 0 Å². The van der Waals surface area contributed by atoms with Crippen molar-refractivity contribution in [3.05, 3.63) is 24.2 Å². The summed E-state index contributed by atoms with van der Waals surface area (Å²) in [4.78, 5) is 0. The van der Waals surface area contributed by atoms with Gasteiger partial charge in [0.1, 0.15) is 11.4 Å². The average molecular weight is 150 g/mol. The summed E-state index contributed by atoms with van der Waals surface area (Å²) >= 11 is 0. The molecule has 0 aromatic carbocycles. The van der Waals surface area contributed by atoms with Crippen molar-refractivity contribution in [2.24, 2.45) is 0 Å². The number of rotatable bonds is 2. The van der Waals surface area contributed by atoms with Crippen LogP contribution in [0.1, 0.15) is 12.7 Å². The van der Waals surface area contributed by atoms with Crippen molar-refractivity contribution in [1.82, 2.24) is 0 Å². The van der Waals surface area contributed by atoms with Gasteiger partial charge in [0.2, 0.25) is 0 Å². The van der Waals surface area contributed by atoms with Crippen LogP contribution in [0.15, 0.2) is 22.8 Å². The minimum Gasteiger partial charge on any atom is -0.469 e. The number of hydrogen-bond acceptors (Lipinski definition) is 2. The van der Waals surface area contributed by atoms with Gasteiger partial charge >= 0.3 is 0 Å². The maximum absolute atomic E-state index is 9.40. The first-order valence-corrected chi connectivity index (χ1v) is 3.36. The van der Waals surface area contributed by atoms with E-state index in [1.165, 1.54) is 0 Å². The Bertz CT molecular complexity index is 252. The summed E-state index contributed by atoms with van der Waals surface area (Å²) in [7, 11) is 0. The smallest absolute Gasteiger partial charge is 0.129 e. The molecule has 11 heavy (non-hydrogen) atoms. The van der Waals surface area contributed by atoms with Crippen LogP contribution in [-0.4, -0.2) is 10.7 Å². The Morgan fingerprint density at radius 3 is 3.00 bits per heavy atom. The molecule has 0 saturated carbocycles. The van der Waals surface area contributed by atoms with Crippen LogP contribution in [0, 0.1) is 12.3 Å². The lowest BCUT2D eigenvalue weighted by Crippen LogP contribution is -2.23. The monoisotopic (exact) mass is 150 g/mol. The highest BCUT2D eigenvalue weighted by molar-refractivity contribution is 5.12. The minimum atomic E-state index is -1.10. The second-order valence-electron chi connectivity index (χ2n) is 2.67. The number of hydrogen-bond donors (Lipinski definition) is 1. The van der Waals surface area contributed by atoms with Gasteiger partial charge in [-0.3, -0.25) is 0 Å². The maximum atomic E-state index is 9.40. The van der Waals surface area contributed by atoms with Crippen LogP contribution in [0.4, 0.5) is 0 Å². The van der Waals surface area contributed by atoms with Crippen molar-refractivity contribution in [2.45, 2.75) is 18.9 Å². The predicted octanol–water partition coefficient (Wildman–Crippen LogP) is 1.21. The number of terminal acetylenes is 1. The second kappa shape index (κ2) is 2.81. The fourth-order valence-corrected chi connectivity index (χ4v) is 0.803. The SMILES string of the molecule is C#CC(C)(O)Cc1ccco1. The third kappa shape index (κ3) is 2.14. The Balaban J connectivity index is 2.65. The molecule has 1 aromatic rings. The molecule has 2 heteroatoms. The molecule has 58 valence electrons. The summed E-state index contributed by atoms with van der Waals surface area (Å²) in [6, 6.07) is 3.55. The van der Waals surface area contributed by atoms with Crippen LogP contribution < -0.4 is 0 Å². The van der Waals surface area contributed by atoms with Gasteiger partial charge in [-0.2, -0.15) is 0 Å². The van der Waals surface area contributed by atoms with Crippen molar-refractivity contribution in [1.29, 1.82) is 0 Å². The van der Waals surface area contributed by atoms with Gasteiger partial charge in [-0.25, -0.2) is 0 Å². The fourth-order valence-electron chi connectivity index (χ4n) is 0.803. The summed E-state index contributed by atoms with van der Waals surface area (Å²) in [6.07, 6.45) is 7.00. The van der Waals surface area contributed by atoms with Crippen molar-refractivity contribution in [3.63, 3.8) is 0 Å². The largest absolute Gasteiger partial charge is 0.469 e. The molecule has 1 rings (SSSR count). The van der Waals surface area contributed by atoms with Gasteiger partial charge in [0, 0.05) is 6.42 Å². The van der Waals surface area contributed by atoms with Gasteiger partial charge < -0.3 is 9.52 Å². The second-order valence-corrected chi connectivity index (χ2v) is 2.67. The molecule has 2 nitrogen and oxygen atoms in total. The summed E-state index contributed by atoms with van der Waals surface area (Å²) in [6.45, 7) is 1.58. The predicted molar refractivity (Wildman–Crippen MR) is 41.9 cm³/mol. The van der Waals surface area contributed by atoms with E-state index in [-0.39, 0.29) is 0 Å². The summed E-state index contributed by atoms with van der Waals surface area (Å²) in [5, 5.41) is 9.40. The van der Waals surface area contributed by atoms with E-state index in [0.29, 0.717) is 12.2 Å². The lowest BCUT2D eigenvalue weighted by atomic mass is 10.0. The van der Waals surface area contributed by atoms with Crippen molar-refractivity contribution >= 4 is 0 Å². The third-order valence-electron chi connectivity index (χ3n) is 1.41. The average Bonchev–Trinajstić information content (AvgIpc) is 2.39. The molecule has 0 spiro atoms. The highest BCUT2D eigenvalue weighted by atomic mass is 16.3. The Morgan fingerprint density at radius 1 is 1.82 bits per heavy atom. The summed E-state index contributed by atoms with van der Waals surface area (Å²) in [5.74, 6) is 2.98. The highest BCUT2D eigenvalue weighted by Gasteiger charge is 2.18. The van der Waals surface area contributed by atoms with E-state index in [9.17, 15) is 5.11 Å². The molecule has 1 heterocycles. The van der Waals surface area contributed by atoms with Crippen LogP contribution in [0.25, 0.3) is 0 Å². The summed E-state index contributed by atoms with van der Waals surface area (Å²) < 4.78 is 5.02. The molecule has 0 saturated heterocycles. The number of aliphatic hydroxyl groups is 1. The van der Waals surface area contributed by atoms with Crippen molar-refractivity contribution in [3.8, 4) is 12.3 Å². The normalized spacial score (nSPS) is 15.4. The number of furan rings is 1. The molecule has 0 bridgehead atoms. The Labute approximate surface area is 65.8 Å². The molecular formula is C9H10O2. The van der Waals surface area contributed by atoms with Gasteiger partial charge in [0.05, 0.1) is 6.26 Å². The molecule has 1 atom stereocenters. The zero-order valence-corrected chi connectivity index (χ0v) is 6.37. The van der Waals surface area contributed by atoms with Gasteiger partial charge in [-0.05, 0) is 19.1 Å². The first-order chi connectivity index (χ1) is 5.14. The van der Waals surface area contributed by atoms with E-state index < -0.39 is 5.60 Å². The van der Waals surface area contributed by atoms with Gasteiger partial charge in [0.25, 0.3) is 0 Å². The topological polar surface area (TPSA) is 33.4 Å². The van der Waals surface area contributed by atoms with Crippen LogP contribution in [0.2, 0.25) is 0 Å². The van der Waals surface area contributed by atoms with E-state index in [4.69, 9.17) is 10.8 Å². The van der Waals surface area contributed by atoms with Crippen LogP contribution >= 0.6 is 0 Å². The summed E-state index contributed by atoms with van der Waals surface area (Å²) in [5.41, 5.74) is -1.10. The van der Waals surface area contributed by atoms with Crippen LogP contribution in [-0.2, 0) is 6.42 Å². The quantitative estimate of drug-likeness (QED) is 0.643. The zero-order valence-electron chi connectivity index (χ0n) is 6.37. The molecule has 1 aromatic heterocycles. The van der Waals surface area contributed by atoms with E-state index in [2.05, 4.69) is 5.92 Å². The minimum absolute atomic E-state index is 0.358. The van der Waals surface area contributed by atoms with Crippen LogP contribution in [0.5, 0.6) is 0 Å². The third-order valence-corrected chi connectivity index (χ3v) is 1.41. The molecule has 0 amide bonds. The first kappa shape index (κ1) is 7.90. The first-order valence-electron chi connectivity index (χ1n) is 3.36. The molecule has 0 fully saturated rings. The Kier molecular flexibility index (Phi) is 2.02. The standard InChI is InChI=1S/C9H10O2/c1-3-9(2,10)7-8-5-4-6-11-8/h1,4-6,10H,7H2,2H3. The molecule has 1 N–H and O–H groups in total. The zero-order chi connectivity index (χ0) is 8.32. The molecule has 0 aliphatic rings. The van der Waals surface area contributed by atoms with E-state index in [0.717, 1.165) is 0 Å². The van der Waals surface area contributed by atoms with Crippen molar-refractivity contribution < 1.29 is 9.52 Å². The van der Waals surface area contributed by atoms with Gasteiger partial charge in [0.15, 0.2) is 0 Å². The highest BCUT2D eigenvalue weighted by Crippen LogP contribution is 2.11. The van der Waals surface area contributed by atoms with Crippen molar-refractivity contribution in [2.75, 3.05) is 0 Å². The Morgan fingerprint density at radius 2 is 2.55 bits per heavy atom. The Hall–Kier alpha value is -1.20. The van der Waals surface area contributed by atoms with Gasteiger partial charge in [-0.1, -0.05) is 5.92 Å². The molecular weight excluding hydrogens is 140 g/mol. The molecule has 0 aliphatic carbocycles. The van der Waals surface area contributed by atoms with Gasteiger partial charge in [-0.15, -0.1) is 6.42 Å². The maximum Gasteiger partial charge on any atom is 0.129 e. The lowest BCUT2D eigenvalue weighted by Gasteiger charge is -2.13. The lowest BCUT2D eigenvalue weighted by molar-refractivity contribution is 0.116. The fraction of sp³-hybridized carbons (Fsp3) is 0.333. The van der Waals surface area contributed by atoms with E-state index in [1.54, 1.807) is 25.3 Å². The van der Waals surface area contributed by atoms with E-state index >= 15 is 0 Å². The molecule has 0 aliphatic heterocycles. The molecule has 1 unspecified atom stereocenters. The molecule has 0 radical (unpaired) electrons.